The van der Waals surface area contributed by atoms with Crippen molar-refractivity contribution in [3.63, 3.8) is 0 Å². The lowest BCUT2D eigenvalue weighted by molar-refractivity contribution is -0.148. The summed E-state index contributed by atoms with van der Waals surface area (Å²) in [6.07, 6.45) is 4.70. The summed E-state index contributed by atoms with van der Waals surface area (Å²) in [4.78, 5) is 26.6. The summed E-state index contributed by atoms with van der Waals surface area (Å²) in [7, 11) is 1.41. The number of furan rings is 1. The Labute approximate surface area is 206 Å². The summed E-state index contributed by atoms with van der Waals surface area (Å²) < 4.78 is 16.7. The van der Waals surface area contributed by atoms with E-state index >= 15 is 0 Å². The van der Waals surface area contributed by atoms with Gasteiger partial charge in [-0.1, -0.05) is 23.8 Å². The van der Waals surface area contributed by atoms with Crippen molar-refractivity contribution in [2.75, 3.05) is 26.8 Å². The van der Waals surface area contributed by atoms with Crippen LogP contribution in [-0.4, -0.2) is 43.6 Å². The number of hydrogen-bond donors (Lipinski definition) is 0. The van der Waals surface area contributed by atoms with Gasteiger partial charge in [-0.25, -0.2) is 0 Å². The summed E-state index contributed by atoms with van der Waals surface area (Å²) in [6.45, 7) is 9.64. The van der Waals surface area contributed by atoms with Crippen LogP contribution in [0, 0.1) is 19.8 Å². The van der Waals surface area contributed by atoms with Crippen molar-refractivity contribution in [2.45, 2.75) is 40.5 Å². The number of fused-ring (bicyclic) bond motifs is 1. The van der Waals surface area contributed by atoms with Crippen LogP contribution in [0.25, 0.3) is 27.7 Å². The molecule has 0 unspecified atom stereocenters. The first-order valence-corrected chi connectivity index (χ1v) is 12.1. The van der Waals surface area contributed by atoms with Gasteiger partial charge < -0.3 is 18.8 Å². The predicted molar refractivity (Wildman–Crippen MR) is 137 cm³/mol. The number of benzene rings is 2. The lowest BCUT2D eigenvalue weighted by Gasteiger charge is -2.30. The van der Waals surface area contributed by atoms with Crippen molar-refractivity contribution < 1.29 is 23.5 Å². The lowest BCUT2D eigenvalue weighted by Crippen LogP contribution is -2.39. The minimum Gasteiger partial charge on any atom is -0.493 e. The van der Waals surface area contributed by atoms with Crippen LogP contribution >= 0.6 is 0 Å². The van der Waals surface area contributed by atoms with Crippen LogP contribution in [0.2, 0.25) is 0 Å². The number of esters is 1. The number of ether oxygens (including phenoxy) is 2. The average molecular weight is 476 g/mol. The third-order valence-corrected chi connectivity index (χ3v) is 6.75. The molecular formula is C29H33NO5. The number of piperidine rings is 1. The van der Waals surface area contributed by atoms with Gasteiger partial charge in [0.25, 0.3) is 0 Å². The second kappa shape index (κ2) is 10.4. The molecule has 0 spiro atoms. The summed E-state index contributed by atoms with van der Waals surface area (Å²) in [6, 6.07) is 10.3. The molecule has 1 aliphatic rings. The molecule has 1 aromatic heterocycles. The van der Waals surface area contributed by atoms with E-state index in [2.05, 4.69) is 38.1 Å². The zero-order chi connectivity index (χ0) is 25.1. The molecule has 1 aliphatic heterocycles. The number of amides is 1. The minimum absolute atomic E-state index is 0.0600. The zero-order valence-corrected chi connectivity index (χ0v) is 21.1. The highest BCUT2D eigenvalue weighted by Gasteiger charge is 2.27. The van der Waals surface area contributed by atoms with Gasteiger partial charge in [-0.05, 0) is 63.3 Å². The highest BCUT2D eigenvalue weighted by atomic mass is 16.5. The van der Waals surface area contributed by atoms with E-state index in [1.54, 1.807) is 17.2 Å². The molecule has 6 nitrogen and oxygen atoms in total. The van der Waals surface area contributed by atoms with Crippen LogP contribution in [0.4, 0.5) is 0 Å². The lowest BCUT2D eigenvalue weighted by atomic mass is 9.95. The second-order valence-corrected chi connectivity index (χ2v) is 9.20. The Bertz CT molecular complexity index is 1280. The number of carbonyl (C=O) groups excluding carboxylic acids is 2. The van der Waals surface area contributed by atoms with E-state index in [9.17, 15) is 9.59 Å². The van der Waals surface area contributed by atoms with Crippen LogP contribution in [0.1, 0.15) is 43.4 Å². The molecule has 0 saturated carbocycles. The summed E-state index contributed by atoms with van der Waals surface area (Å²) in [5.74, 6) is 0.298. The maximum atomic E-state index is 13.0. The van der Waals surface area contributed by atoms with Crippen molar-refractivity contribution >= 4 is 28.4 Å². The molecule has 0 aliphatic carbocycles. The molecule has 2 heterocycles. The molecule has 1 fully saturated rings. The third kappa shape index (κ3) is 5.11. The SMILES string of the molecule is CCOc1cc2occ(-c3ccc(C)cc3C)c2cc1/C(C)=C/C(=O)N1CCC(C(=O)OC)CC1. The maximum Gasteiger partial charge on any atom is 0.308 e. The maximum absolute atomic E-state index is 13.0. The van der Waals surface area contributed by atoms with Gasteiger partial charge in [-0.3, -0.25) is 9.59 Å². The normalized spacial score (nSPS) is 14.9. The molecule has 0 N–H and O–H groups in total. The van der Waals surface area contributed by atoms with Gasteiger partial charge in [0.2, 0.25) is 5.91 Å². The molecule has 0 radical (unpaired) electrons. The Morgan fingerprint density at radius 1 is 1.11 bits per heavy atom. The quantitative estimate of drug-likeness (QED) is 0.326. The Morgan fingerprint density at radius 2 is 1.86 bits per heavy atom. The smallest absolute Gasteiger partial charge is 0.308 e. The van der Waals surface area contributed by atoms with Crippen molar-refractivity contribution in [1.29, 1.82) is 0 Å². The first kappa shape index (κ1) is 24.6. The Kier molecular flexibility index (Phi) is 7.29. The Balaban J connectivity index is 1.66. The molecule has 0 atom stereocenters. The molecule has 1 saturated heterocycles. The van der Waals surface area contributed by atoms with E-state index in [1.165, 1.54) is 18.2 Å². The van der Waals surface area contributed by atoms with Crippen molar-refractivity contribution in [2.24, 2.45) is 5.92 Å². The number of hydrogen-bond acceptors (Lipinski definition) is 5. The van der Waals surface area contributed by atoms with Crippen LogP contribution in [0.3, 0.4) is 0 Å². The van der Waals surface area contributed by atoms with Crippen molar-refractivity contribution in [1.82, 2.24) is 4.90 Å². The van der Waals surface area contributed by atoms with Gasteiger partial charge >= 0.3 is 5.97 Å². The molecule has 6 heteroatoms. The fourth-order valence-corrected chi connectivity index (χ4v) is 4.82. The van der Waals surface area contributed by atoms with E-state index in [0.717, 1.165) is 33.2 Å². The number of allylic oxidation sites excluding steroid dienone is 1. The Morgan fingerprint density at radius 3 is 2.51 bits per heavy atom. The fraction of sp³-hybridized carbons (Fsp3) is 0.379. The van der Waals surface area contributed by atoms with Crippen molar-refractivity contribution in [3.8, 4) is 16.9 Å². The molecule has 1 amide bonds. The third-order valence-electron chi connectivity index (χ3n) is 6.75. The molecule has 184 valence electrons. The van der Waals surface area contributed by atoms with Gasteiger partial charge in [-0.15, -0.1) is 0 Å². The van der Waals surface area contributed by atoms with Gasteiger partial charge in [0.15, 0.2) is 0 Å². The second-order valence-electron chi connectivity index (χ2n) is 9.20. The fourth-order valence-electron chi connectivity index (χ4n) is 4.82. The van der Waals surface area contributed by atoms with Crippen molar-refractivity contribution in [3.05, 3.63) is 59.4 Å². The van der Waals surface area contributed by atoms with Gasteiger partial charge in [0.1, 0.15) is 11.3 Å². The minimum atomic E-state index is -0.196. The van der Waals surface area contributed by atoms with Crippen LogP contribution < -0.4 is 4.74 Å². The summed E-state index contributed by atoms with van der Waals surface area (Å²) >= 11 is 0. The number of nitrogens with zero attached hydrogens (tertiary/aromatic N) is 1. The topological polar surface area (TPSA) is 69.0 Å². The highest BCUT2D eigenvalue weighted by Crippen LogP contribution is 2.38. The molecule has 0 bridgehead atoms. The van der Waals surface area contributed by atoms with Gasteiger partial charge in [0.05, 0.1) is 25.9 Å². The molecule has 35 heavy (non-hydrogen) atoms. The molecule has 2 aromatic carbocycles. The van der Waals surface area contributed by atoms with Gasteiger partial charge in [-0.2, -0.15) is 0 Å². The zero-order valence-electron chi connectivity index (χ0n) is 21.1. The van der Waals surface area contributed by atoms with E-state index in [1.807, 2.05) is 19.9 Å². The van der Waals surface area contributed by atoms with E-state index in [-0.39, 0.29) is 17.8 Å². The first-order valence-electron chi connectivity index (χ1n) is 12.1. The first-order chi connectivity index (χ1) is 16.8. The standard InChI is InChI=1S/C29H33NO5/c1-6-34-26-16-27-24(25(17-35-27)22-8-7-18(2)13-19(22)3)15-23(26)20(4)14-28(31)30-11-9-21(10-12-30)29(32)33-5/h7-8,13-17,21H,6,9-12H2,1-5H3/b20-14+. The molecule has 4 rings (SSSR count). The Hall–Kier alpha value is -3.54. The van der Waals surface area contributed by atoms with Crippen LogP contribution in [-0.2, 0) is 14.3 Å². The molecule has 3 aromatic rings. The van der Waals surface area contributed by atoms with E-state index in [0.29, 0.717) is 38.3 Å². The number of likely N-dealkylation sites (tertiary alicyclic amines) is 1. The van der Waals surface area contributed by atoms with Crippen LogP contribution in [0.15, 0.2) is 47.1 Å². The highest BCUT2D eigenvalue weighted by molar-refractivity contribution is 6.00. The van der Waals surface area contributed by atoms with Gasteiger partial charge in [0, 0.05) is 41.7 Å². The number of rotatable bonds is 6. The van der Waals surface area contributed by atoms with E-state index in [4.69, 9.17) is 13.9 Å². The largest absolute Gasteiger partial charge is 0.493 e. The summed E-state index contributed by atoms with van der Waals surface area (Å²) in [5.41, 5.74) is 6.97. The number of carbonyl (C=O) groups is 2. The average Bonchev–Trinajstić information content (AvgIpc) is 3.25. The van der Waals surface area contributed by atoms with E-state index < -0.39 is 0 Å². The number of methoxy groups -OCH3 is 1. The summed E-state index contributed by atoms with van der Waals surface area (Å²) in [5, 5.41) is 0.981. The molecular weight excluding hydrogens is 442 g/mol. The predicted octanol–water partition coefficient (Wildman–Crippen LogP) is 5.93. The number of aryl methyl sites for hydroxylation is 2. The monoisotopic (exact) mass is 475 g/mol. The van der Waals surface area contributed by atoms with Crippen LogP contribution in [0.5, 0.6) is 5.75 Å².